The number of rotatable bonds is 3. The number of hydrogen-bond donors (Lipinski definition) is 1. The fourth-order valence-corrected chi connectivity index (χ4v) is 1.88. The second-order valence-corrected chi connectivity index (χ2v) is 4.05. The van der Waals surface area contributed by atoms with Gasteiger partial charge in [0.05, 0.1) is 12.7 Å². The highest BCUT2D eigenvalue weighted by Gasteiger charge is 2.16. The summed E-state index contributed by atoms with van der Waals surface area (Å²) in [4.78, 5) is 12.5. The predicted octanol–water partition coefficient (Wildman–Crippen LogP) is 2.82. The van der Waals surface area contributed by atoms with Crippen molar-refractivity contribution in [1.29, 1.82) is 0 Å². The summed E-state index contributed by atoms with van der Waals surface area (Å²) in [6.07, 6.45) is 0. The molecule has 0 fully saturated rings. The molecule has 2 N–H and O–H groups in total. The molecule has 0 atom stereocenters. The lowest BCUT2D eigenvalue weighted by Crippen LogP contribution is -2.07. The van der Waals surface area contributed by atoms with E-state index in [1.807, 2.05) is 19.1 Å². The number of carbonyl (C=O) groups excluding carboxylic acids is 1. The third kappa shape index (κ3) is 2.07. The Morgan fingerprint density at radius 1 is 1.06 bits per heavy atom. The Morgan fingerprint density at radius 2 is 1.72 bits per heavy atom. The summed E-state index contributed by atoms with van der Waals surface area (Å²) < 4.78 is 5.21. The minimum absolute atomic E-state index is 0.0720. The van der Waals surface area contributed by atoms with E-state index in [1.165, 1.54) is 0 Å². The van der Waals surface area contributed by atoms with Crippen LogP contribution in [-0.4, -0.2) is 12.9 Å². The maximum absolute atomic E-state index is 12.5. The molecule has 0 heterocycles. The summed E-state index contributed by atoms with van der Waals surface area (Å²) in [7, 11) is 1.55. The van der Waals surface area contributed by atoms with Crippen LogP contribution in [-0.2, 0) is 0 Å². The van der Waals surface area contributed by atoms with E-state index in [2.05, 4.69) is 0 Å². The molecule has 2 aromatic carbocycles. The summed E-state index contributed by atoms with van der Waals surface area (Å²) in [5.41, 5.74) is 8.40. The van der Waals surface area contributed by atoms with Crippen LogP contribution in [0.25, 0.3) is 0 Å². The van der Waals surface area contributed by atoms with Gasteiger partial charge in [-0.2, -0.15) is 0 Å². The van der Waals surface area contributed by atoms with Crippen molar-refractivity contribution in [3.05, 3.63) is 59.2 Å². The van der Waals surface area contributed by atoms with Gasteiger partial charge in [-0.1, -0.05) is 24.3 Å². The molecule has 0 amide bonds. The van der Waals surface area contributed by atoms with Crippen LogP contribution in [0.15, 0.2) is 42.5 Å². The fourth-order valence-electron chi connectivity index (χ4n) is 1.88. The average Bonchev–Trinajstić information content (AvgIpc) is 2.41. The van der Waals surface area contributed by atoms with Crippen molar-refractivity contribution >= 4 is 11.5 Å². The zero-order valence-corrected chi connectivity index (χ0v) is 10.4. The number of benzene rings is 2. The molecule has 3 heteroatoms. The molecule has 3 nitrogen and oxygen atoms in total. The van der Waals surface area contributed by atoms with Gasteiger partial charge in [-0.3, -0.25) is 4.79 Å². The Labute approximate surface area is 106 Å². The molecule has 0 aromatic heterocycles. The number of ketones is 1. The normalized spacial score (nSPS) is 10.1. The lowest BCUT2D eigenvalue weighted by atomic mass is 9.97. The van der Waals surface area contributed by atoms with Crippen LogP contribution >= 0.6 is 0 Å². The molecule has 0 aliphatic heterocycles. The highest BCUT2D eigenvalue weighted by Crippen LogP contribution is 2.24. The lowest BCUT2D eigenvalue weighted by Gasteiger charge is -2.10. The second-order valence-electron chi connectivity index (χ2n) is 4.05. The maximum Gasteiger partial charge on any atom is 0.197 e. The highest BCUT2D eigenvalue weighted by molar-refractivity contribution is 6.12. The van der Waals surface area contributed by atoms with Crippen molar-refractivity contribution in [3.8, 4) is 5.75 Å². The van der Waals surface area contributed by atoms with Crippen LogP contribution in [0.5, 0.6) is 5.75 Å². The largest absolute Gasteiger partial charge is 0.496 e. The zero-order chi connectivity index (χ0) is 13.1. The molecule has 2 rings (SSSR count). The van der Waals surface area contributed by atoms with Gasteiger partial charge in [0.1, 0.15) is 5.75 Å². The SMILES string of the molecule is COc1ccccc1C(=O)c1cccc(N)c1C. The molecule has 0 bridgehead atoms. The Kier molecular flexibility index (Phi) is 3.33. The first-order valence-electron chi connectivity index (χ1n) is 5.68. The third-order valence-electron chi connectivity index (χ3n) is 2.97. The Hall–Kier alpha value is -2.29. The standard InChI is InChI=1S/C15H15NO2/c1-10-11(7-5-8-13(10)16)15(17)12-6-3-4-9-14(12)18-2/h3-9H,16H2,1-2H3. The van der Waals surface area contributed by atoms with Crippen LogP contribution < -0.4 is 10.5 Å². The molecule has 2 aromatic rings. The van der Waals surface area contributed by atoms with Gasteiger partial charge in [0.25, 0.3) is 0 Å². The molecule has 0 radical (unpaired) electrons. The van der Waals surface area contributed by atoms with E-state index in [0.717, 1.165) is 5.56 Å². The van der Waals surface area contributed by atoms with E-state index in [1.54, 1.807) is 37.4 Å². The van der Waals surface area contributed by atoms with Gasteiger partial charge in [-0.15, -0.1) is 0 Å². The molecule has 0 spiro atoms. The van der Waals surface area contributed by atoms with Crippen LogP contribution in [0, 0.1) is 6.92 Å². The number of hydrogen-bond acceptors (Lipinski definition) is 3. The molecular weight excluding hydrogens is 226 g/mol. The smallest absolute Gasteiger partial charge is 0.197 e. The second kappa shape index (κ2) is 4.92. The summed E-state index contributed by atoms with van der Waals surface area (Å²) in [6.45, 7) is 1.85. The molecule has 0 saturated heterocycles. The zero-order valence-electron chi connectivity index (χ0n) is 10.4. The number of carbonyl (C=O) groups is 1. The van der Waals surface area contributed by atoms with Crippen LogP contribution in [0.4, 0.5) is 5.69 Å². The molecule has 92 valence electrons. The molecule has 18 heavy (non-hydrogen) atoms. The van der Waals surface area contributed by atoms with Crippen molar-refractivity contribution in [3.63, 3.8) is 0 Å². The van der Waals surface area contributed by atoms with Crippen molar-refractivity contribution in [2.45, 2.75) is 6.92 Å². The highest BCUT2D eigenvalue weighted by atomic mass is 16.5. The number of ether oxygens (including phenoxy) is 1. The van der Waals surface area contributed by atoms with Crippen molar-refractivity contribution < 1.29 is 9.53 Å². The van der Waals surface area contributed by atoms with Crippen LogP contribution in [0.1, 0.15) is 21.5 Å². The van der Waals surface area contributed by atoms with Crippen molar-refractivity contribution in [1.82, 2.24) is 0 Å². The van der Waals surface area contributed by atoms with Crippen molar-refractivity contribution in [2.75, 3.05) is 12.8 Å². The van der Waals surface area contributed by atoms with E-state index < -0.39 is 0 Å². The van der Waals surface area contributed by atoms with Crippen LogP contribution in [0.3, 0.4) is 0 Å². The molecule has 0 aliphatic carbocycles. The maximum atomic E-state index is 12.5. The van der Waals surface area contributed by atoms with E-state index in [-0.39, 0.29) is 5.78 Å². The van der Waals surface area contributed by atoms with Gasteiger partial charge in [-0.05, 0) is 30.7 Å². The quantitative estimate of drug-likeness (QED) is 0.664. The Bertz CT molecular complexity index is 591. The van der Waals surface area contributed by atoms with Gasteiger partial charge in [0.2, 0.25) is 0 Å². The van der Waals surface area contributed by atoms with E-state index in [0.29, 0.717) is 22.6 Å². The lowest BCUT2D eigenvalue weighted by molar-refractivity contribution is 0.103. The van der Waals surface area contributed by atoms with Crippen LogP contribution in [0.2, 0.25) is 0 Å². The third-order valence-corrected chi connectivity index (χ3v) is 2.97. The number of nitrogens with two attached hydrogens (primary N) is 1. The van der Waals surface area contributed by atoms with Gasteiger partial charge < -0.3 is 10.5 Å². The first-order chi connectivity index (χ1) is 8.65. The van der Waals surface area contributed by atoms with E-state index >= 15 is 0 Å². The summed E-state index contributed by atoms with van der Waals surface area (Å²) >= 11 is 0. The molecule has 0 aliphatic rings. The van der Waals surface area contributed by atoms with E-state index in [9.17, 15) is 4.79 Å². The average molecular weight is 241 g/mol. The molecule has 0 unspecified atom stereocenters. The minimum atomic E-state index is -0.0720. The van der Waals surface area contributed by atoms with Gasteiger partial charge in [0.15, 0.2) is 5.78 Å². The van der Waals surface area contributed by atoms with Gasteiger partial charge in [0, 0.05) is 11.3 Å². The number of methoxy groups -OCH3 is 1. The monoisotopic (exact) mass is 241 g/mol. The van der Waals surface area contributed by atoms with Gasteiger partial charge in [-0.25, -0.2) is 0 Å². The first-order valence-corrected chi connectivity index (χ1v) is 5.68. The summed E-state index contributed by atoms with van der Waals surface area (Å²) in [6, 6.07) is 12.5. The topological polar surface area (TPSA) is 52.3 Å². The molecular formula is C15H15NO2. The number of para-hydroxylation sites is 1. The molecule has 0 saturated carbocycles. The Balaban J connectivity index is 2.52. The van der Waals surface area contributed by atoms with E-state index in [4.69, 9.17) is 10.5 Å². The minimum Gasteiger partial charge on any atom is -0.496 e. The predicted molar refractivity (Wildman–Crippen MR) is 72.0 cm³/mol. The number of nitrogen functional groups attached to an aromatic ring is 1. The summed E-state index contributed by atoms with van der Waals surface area (Å²) in [5.74, 6) is 0.501. The first kappa shape index (κ1) is 12.2. The van der Waals surface area contributed by atoms with Gasteiger partial charge >= 0.3 is 0 Å². The fraction of sp³-hybridized carbons (Fsp3) is 0.133. The number of anilines is 1. The van der Waals surface area contributed by atoms with Crippen molar-refractivity contribution in [2.24, 2.45) is 0 Å². The summed E-state index contributed by atoms with van der Waals surface area (Å²) in [5, 5.41) is 0. The Morgan fingerprint density at radius 3 is 2.44 bits per heavy atom.